The van der Waals surface area contributed by atoms with Gasteiger partial charge in [0, 0.05) is 0 Å². The summed E-state index contributed by atoms with van der Waals surface area (Å²) in [7, 11) is 0. The molecular weight excluding hydrogens is 239 g/mol. The molecule has 0 bridgehead atoms. The van der Waals surface area contributed by atoms with Crippen LogP contribution in [-0.2, 0) is 0 Å². The zero-order valence-corrected chi connectivity index (χ0v) is 12.2. The van der Waals surface area contributed by atoms with Crippen molar-refractivity contribution in [1.29, 1.82) is 0 Å². The number of aliphatic hydroxyl groups is 1. The summed E-state index contributed by atoms with van der Waals surface area (Å²) in [6.45, 7) is 6.49. The molecule has 19 heavy (non-hydrogen) atoms. The molecular formula is C17H25FO. The van der Waals surface area contributed by atoms with Crippen molar-refractivity contribution in [2.75, 3.05) is 0 Å². The molecule has 1 aliphatic rings. The van der Waals surface area contributed by atoms with Crippen molar-refractivity contribution < 1.29 is 9.50 Å². The Bertz CT molecular complexity index is 419. The first-order chi connectivity index (χ1) is 8.99. The van der Waals surface area contributed by atoms with Crippen LogP contribution in [0.2, 0.25) is 0 Å². The second-order valence-electron chi connectivity index (χ2n) is 6.36. The molecule has 0 aromatic heterocycles. The fourth-order valence-electron chi connectivity index (χ4n) is 3.31. The van der Waals surface area contributed by atoms with E-state index in [2.05, 4.69) is 13.8 Å². The Morgan fingerprint density at radius 2 is 1.68 bits per heavy atom. The Balaban J connectivity index is 2.05. The fourth-order valence-corrected chi connectivity index (χ4v) is 3.31. The van der Waals surface area contributed by atoms with Crippen LogP contribution in [0.25, 0.3) is 0 Å². The molecule has 1 unspecified atom stereocenters. The number of benzene rings is 1. The highest BCUT2D eigenvalue weighted by molar-refractivity contribution is 5.29. The van der Waals surface area contributed by atoms with Crippen LogP contribution in [0, 0.1) is 30.5 Å². The van der Waals surface area contributed by atoms with Gasteiger partial charge in [-0.3, -0.25) is 0 Å². The highest BCUT2D eigenvalue weighted by Gasteiger charge is 2.29. The van der Waals surface area contributed by atoms with Gasteiger partial charge in [0.15, 0.2) is 0 Å². The molecule has 1 N–H and O–H groups in total. The van der Waals surface area contributed by atoms with Crippen molar-refractivity contribution in [3.63, 3.8) is 0 Å². The van der Waals surface area contributed by atoms with E-state index in [0.29, 0.717) is 0 Å². The Labute approximate surface area is 115 Å². The zero-order valence-electron chi connectivity index (χ0n) is 12.2. The van der Waals surface area contributed by atoms with Crippen LogP contribution < -0.4 is 0 Å². The molecule has 1 aromatic rings. The molecule has 1 aromatic carbocycles. The van der Waals surface area contributed by atoms with Gasteiger partial charge in [-0.1, -0.05) is 19.9 Å². The predicted molar refractivity (Wildman–Crippen MR) is 76.4 cm³/mol. The van der Waals surface area contributed by atoms with Gasteiger partial charge in [0.2, 0.25) is 0 Å². The normalized spacial score (nSPS) is 25.6. The van der Waals surface area contributed by atoms with Crippen molar-refractivity contribution in [2.24, 2.45) is 17.8 Å². The Kier molecular flexibility index (Phi) is 4.62. The molecule has 1 atom stereocenters. The fraction of sp³-hybridized carbons (Fsp3) is 0.647. The Morgan fingerprint density at radius 1 is 1.11 bits per heavy atom. The summed E-state index contributed by atoms with van der Waals surface area (Å²) in [5.41, 5.74) is 1.76. The van der Waals surface area contributed by atoms with E-state index in [0.717, 1.165) is 35.8 Å². The molecule has 1 fully saturated rings. The van der Waals surface area contributed by atoms with Crippen LogP contribution in [0.5, 0.6) is 0 Å². The molecule has 1 aliphatic carbocycles. The first-order valence-electron chi connectivity index (χ1n) is 7.43. The van der Waals surface area contributed by atoms with E-state index >= 15 is 0 Å². The van der Waals surface area contributed by atoms with Gasteiger partial charge in [-0.05, 0) is 73.6 Å². The van der Waals surface area contributed by atoms with Crippen LogP contribution in [0.15, 0.2) is 18.2 Å². The van der Waals surface area contributed by atoms with Crippen LogP contribution in [0.4, 0.5) is 4.39 Å². The molecule has 1 nitrogen and oxygen atoms in total. The van der Waals surface area contributed by atoms with E-state index < -0.39 is 6.10 Å². The number of hydrogen-bond donors (Lipinski definition) is 1. The third-order valence-electron chi connectivity index (χ3n) is 4.77. The number of rotatable bonds is 3. The molecule has 0 amide bonds. The number of hydrogen-bond acceptors (Lipinski definition) is 1. The minimum Gasteiger partial charge on any atom is -0.388 e. The third-order valence-corrected chi connectivity index (χ3v) is 4.77. The maximum Gasteiger partial charge on any atom is 0.123 e. The number of aliphatic hydroxyl groups excluding tert-OH is 1. The lowest BCUT2D eigenvalue weighted by molar-refractivity contribution is 0.0661. The molecule has 0 saturated heterocycles. The van der Waals surface area contributed by atoms with Crippen molar-refractivity contribution in [3.8, 4) is 0 Å². The first kappa shape index (κ1) is 14.5. The molecule has 1 saturated carbocycles. The van der Waals surface area contributed by atoms with Crippen LogP contribution >= 0.6 is 0 Å². The summed E-state index contributed by atoms with van der Waals surface area (Å²) >= 11 is 0. The van der Waals surface area contributed by atoms with Crippen molar-refractivity contribution in [1.82, 2.24) is 0 Å². The average molecular weight is 264 g/mol. The summed E-state index contributed by atoms with van der Waals surface area (Å²) < 4.78 is 13.3. The lowest BCUT2D eigenvalue weighted by Gasteiger charge is -2.33. The van der Waals surface area contributed by atoms with E-state index in [4.69, 9.17) is 0 Å². The van der Waals surface area contributed by atoms with Gasteiger partial charge in [-0.15, -0.1) is 0 Å². The van der Waals surface area contributed by atoms with Gasteiger partial charge in [0.05, 0.1) is 6.10 Å². The van der Waals surface area contributed by atoms with Crippen LogP contribution in [-0.4, -0.2) is 5.11 Å². The molecule has 106 valence electrons. The largest absolute Gasteiger partial charge is 0.388 e. The highest BCUT2D eigenvalue weighted by Crippen LogP contribution is 2.40. The summed E-state index contributed by atoms with van der Waals surface area (Å²) in [5.74, 6) is 1.55. The molecule has 2 heteroatoms. The SMILES string of the molecule is Cc1ccc(F)cc1C(O)C1CCC(C(C)C)CC1. The Morgan fingerprint density at radius 3 is 2.26 bits per heavy atom. The van der Waals surface area contributed by atoms with Gasteiger partial charge in [0.1, 0.15) is 5.82 Å². The van der Waals surface area contributed by atoms with E-state index in [1.807, 2.05) is 6.92 Å². The summed E-state index contributed by atoms with van der Waals surface area (Å²) in [6.07, 6.45) is 3.98. The molecule has 0 aliphatic heterocycles. The number of halogens is 1. The predicted octanol–water partition coefficient (Wildman–Crippen LogP) is 4.63. The number of aryl methyl sites for hydroxylation is 1. The molecule has 0 radical (unpaired) electrons. The van der Waals surface area contributed by atoms with Crippen molar-refractivity contribution in [2.45, 2.75) is 52.6 Å². The molecule has 0 spiro atoms. The van der Waals surface area contributed by atoms with Gasteiger partial charge in [0.25, 0.3) is 0 Å². The standard InChI is InChI=1S/C17H25FO/c1-11(2)13-5-7-14(8-6-13)17(19)16-10-15(18)9-4-12(16)3/h4,9-11,13-14,17,19H,5-8H2,1-3H3. The van der Waals surface area contributed by atoms with Crippen molar-refractivity contribution >= 4 is 0 Å². The highest BCUT2D eigenvalue weighted by atomic mass is 19.1. The smallest absolute Gasteiger partial charge is 0.123 e. The lowest BCUT2D eigenvalue weighted by atomic mass is 9.74. The van der Waals surface area contributed by atoms with E-state index in [1.54, 1.807) is 6.07 Å². The van der Waals surface area contributed by atoms with Crippen LogP contribution in [0.3, 0.4) is 0 Å². The Hall–Kier alpha value is -0.890. The van der Waals surface area contributed by atoms with E-state index in [-0.39, 0.29) is 11.7 Å². The first-order valence-corrected chi connectivity index (χ1v) is 7.43. The third kappa shape index (κ3) is 3.36. The maximum absolute atomic E-state index is 13.3. The summed E-state index contributed by atoms with van der Waals surface area (Å²) in [5, 5.41) is 10.5. The molecule has 2 rings (SSSR count). The zero-order chi connectivity index (χ0) is 14.0. The average Bonchev–Trinajstić information content (AvgIpc) is 2.41. The maximum atomic E-state index is 13.3. The lowest BCUT2D eigenvalue weighted by Crippen LogP contribution is -2.23. The molecule has 0 heterocycles. The van der Waals surface area contributed by atoms with Crippen molar-refractivity contribution in [3.05, 3.63) is 35.1 Å². The minimum absolute atomic E-state index is 0.254. The van der Waals surface area contributed by atoms with Gasteiger partial charge >= 0.3 is 0 Å². The minimum atomic E-state index is -0.510. The van der Waals surface area contributed by atoms with Gasteiger partial charge in [-0.25, -0.2) is 4.39 Å². The van der Waals surface area contributed by atoms with Gasteiger partial charge in [-0.2, -0.15) is 0 Å². The second-order valence-corrected chi connectivity index (χ2v) is 6.36. The second kappa shape index (κ2) is 6.04. The summed E-state index contributed by atoms with van der Waals surface area (Å²) in [4.78, 5) is 0. The van der Waals surface area contributed by atoms with E-state index in [9.17, 15) is 9.50 Å². The quantitative estimate of drug-likeness (QED) is 0.844. The summed E-state index contributed by atoms with van der Waals surface area (Å²) in [6, 6.07) is 4.71. The van der Waals surface area contributed by atoms with E-state index in [1.165, 1.54) is 25.0 Å². The van der Waals surface area contributed by atoms with Crippen LogP contribution in [0.1, 0.15) is 56.8 Å². The van der Waals surface area contributed by atoms with Gasteiger partial charge < -0.3 is 5.11 Å². The monoisotopic (exact) mass is 264 g/mol. The topological polar surface area (TPSA) is 20.2 Å².